The SMILES string of the molecule is CCC1CCC(O)(CNCCCOCC(F)(F)F)CC1. The van der Waals surface area contributed by atoms with E-state index >= 15 is 0 Å². The minimum absolute atomic E-state index is 0.0862. The Balaban J connectivity index is 2.01. The third-order valence-electron chi connectivity index (χ3n) is 3.98. The molecule has 1 aliphatic rings. The second kappa shape index (κ2) is 8.20. The van der Waals surface area contributed by atoms with E-state index in [4.69, 9.17) is 0 Å². The van der Waals surface area contributed by atoms with Crippen molar-refractivity contribution >= 4 is 0 Å². The highest BCUT2D eigenvalue weighted by molar-refractivity contribution is 4.86. The largest absolute Gasteiger partial charge is 0.411 e. The summed E-state index contributed by atoms with van der Waals surface area (Å²) in [5.74, 6) is 0.728. The molecular weight excluding hydrogens is 271 g/mol. The maximum absolute atomic E-state index is 11.8. The van der Waals surface area contributed by atoms with Gasteiger partial charge in [-0.2, -0.15) is 13.2 Å². The first-order chi connectivity index (χ1) is 9.35. The topological polar surface area (TPSA) is 41.5 Å². The Morgan fingerprint density at radius 1 is 1.30 bits per heavy atom. The third kappa shape index (κ3) is 7.45. The first kappa shape index (κ1) is 17.7. The molecule has 1 saturated carbocycles. The van der Waals surface area contributed by atoms with Crippen LogP contribution in [0.5, 0.6) is 0 Å². The van der Waals surface area contributed by atoms with Crippen LogP contribution in [0.15, 0.2) is 0 Å². The van der Waals surface area contributed by atoms with Crippen molar-refractivity contribution in [1.29, 1.82) is 0 Å². The molecule has 2 N–H and O–H groups in total. The van der Waals surface area contributed by atoms with E-state index in [9.17, 15) is 18.3 Å². The van der Waals surface area contributed by atoms with Crippen LogP contribution in [0.1, 0.15) is 45.4 Å². The van der Waals surface area contributed by atoms with Crippen LogP contribution < -0.4 is 5.32 Å². The third-order valence-corrected chi connectivity index (χ3v) is 3.98. The van der Waals surface area contributed by atoms with E-state index in [1.54, 1.807) is 0 Å². The summed E-state index contributed by atoms with van der Waals surface area (Å²) < 4.78 is 40.0. The van der Waals surface area contributed by atoms with Gasteiger partial charge in [0.2, 0.25) is 0 Å². The molecule has 0 spiro atoms. The number of rotatable bonds is 8. The van der Waals surface area contributed by atoms with Crippen LogP contribution in [0.25, 0.3) is 0 Å². The van der Waals surface area contributed by atoms with Gasteiger partial charge >= 0.3 is 6.18 Å². The minimum Gasteiger partial charge on any atom is -0.389 e. The molecule has 0 atom stereocenters. The predicted octanol–water partition coefficient (Wildman–Crippen LogP) is 2.88. The number of hydrogen-bond donors (Lipinski definition) is 2. The molecule has 0 amide bonds. The zero-order valence-electron chi connectivity index (χ0n) is 12.1. The van der Waals surface area contributed by atoms with Crippen molar-refractivity contribution in [2.24, 2.45) is 5.92 Å². The number of alkyl halides is 3. The molecule has 1 rings (SSSR count). The van der Waals surface area contributed by atoms with E-state index in [-0.39, 0.29) is 6.61 Å². The molecule has 0 heterocycles. The molecule has 0 aliphatic heterocycles. The Morgan fingerprint density at radius 2 is 1.95 bits per heavy atom. The Hall–Kier alpha value is -0.330. The van der Waals surface area contributed by atoms with E-state index < -0.39 is 18.4 Å². The van der Waals surface area contributed by atoms with Gasteiger partial charge in [-0.25, -0.2) is 0 Å². The molecule has 1 fully saturated rings. The molecule has 0 radical (unpaired) electrons. The molecule has 0 aromatic carbocycles. The summed E-state index contributed by atoms with van der Waals surface area (Å²) in [7, 11) is 0. The zero-order chi connectivity index (χ0) is 15.1. The first-order valence-corrected chi connectivity index (χ1v) is 7.42. The summed E-state index contributed by atoms with van der Waals surface area (Å²) in [6.07, 6.45) is 1.17. The highest BCUT2D eigenvalue weighted by Crippen LogP contribution is 2.33. The van der Waals surface area contributed by atoms with E-state index in [1.165, 1.54) is 6.42 Å². The summed E-state index contributed by atoms with van der Waals surface area (Å²) in [6, 6.07) is 0. The van der Waals surface area contributed by atoms with Crippen molar-refractivity contribution < 1.29 is 23.0 Å². The first-order valence-electron chi connectivity index (χ1n) is 7.42. The molecular formula is C14H26F3NO2. The lowest BCUT2D eigenvalue weighted by molar-refractivity contribution is -0.173. The molecule has 6 heteroatoms. The molecule has 0 saturated heterocycles. The standard InChI is InChI=1S/C14H26F3NO2/c1-2-12-4-6-13(19,7-5-12)10-18-8-3-9-20-11-14(15,16)17/h12,18-19H,2-11H2,1H3. The summed E-state index contributed by atoms with van der Waals surface area (Å²) in [6.45, 7) is 2.16. The fourth-order valence-electron chi connectivity index (χ4n) is 2.61. The number of halogens is 3. The molecule has 0 aromatic rings. The molecule has 0 aromatic heterocycles. The summed E-state index contributed by atoms with van der Waals surface area (Å²) in [4.78, 5) is 0. The van der Waals surface area contributed by atoms with Crippen LogP contribution in [0.2, 0.25) is 0 Å². The molecule has 0 bridgehead atoms. The number of ether oxygens (including phenoxy) is 1. The predicted molar refractivity (Wildman–Crippen MR) is 71.6 cm³/mol. The van der Waals surface area contributed by atoms with Gasteiger partial charge in [-0.05, 0) is 44.6 Å². The zero-order valence-corrected chi connectivity index (χ0v) is 12.1. The van der Waals surface area contributed by atoms with Crippen molar-refractivity contribution in [3.8, 4) is 0 Å². The maximum Gasteiger partial charge on any atom is 0.411 e. The lowest BCUT2D eigenvalue weighted by Gasteiger charge is -2.36. The lowest BCUT2D eigenvalue weighted by atomic mass is 9.78. The van der Waals surface area contributed by atoms with Crippen molar-refractivity contribution in [3.05, 3.63) is 0 Å². The highest BCUT2D eigenvalue weighted by atomic mass is 19.4. The van der Waals surface area contributed by atoms with Gasteiger partial charge in [0.05, 0.1) is 5.60 Å². The van der Waals surface area contributed by atoms with Gasteiger partial charge in [0, 0.05) is 13.2 Å². The van der Waals surface area contributed by atoms with Gasteiger partial charge in [0.15, 0.2) is 0 Å². The van der Waals surface area contributed by atoms with E-state index in [2.05, 4.69) is 17.0 Å². The van der Waals surface area contributed by atoms with E-state index in [0.717, 1.165) is 31.6 Å². The van der Waals surface area contributed by atoms with Crippen LogP contribution in [0, 0.1) is 5.92 Å². The van der Waals surface area contributed by atoms with Gasteiger partial charge in [0.1, 0.15) is 6.61 Å². The molecule has 3 nitrogen and oxygen atoms in total. The van der Waals surface area contributed by atoms with Gasteiger partial charge in [-0.3, -0.25) is 0 Å². The monoisotopic (exact) mass is 297 g/mol. The van der Waals surface area contributed by atoms with Gasteiger partial charge in [-0.1, -0.05) is 13.3 Å². The number of nitrogens with one attached hydrogen (secondary N) is 1. The van der Waals surface area contributed by atoms with Crippen molar-refractivity contribution in [1.82, 2.24) is 5.32 Å². The minimum atomic E-state index is -4.25. The Labute approximate surface area is 118 Å². The normalized spacial score (nSPS) is 27.8. The van der Waals surface area contributed by atoms with Crippen molar-refractivity contribution in [2.45, 2.75) is 57.2 Å². The van der Waals surface area contributed by atoms with Crippen LogP contribution in [0.4, 0.5) is 13.2 Å². The summed E-state index contributed by atoms with van der Waals surface area (Å²) >= 11 is 0. The Kier molecular flexibility index (Phi) is 7.26. The smallest absolute Gasteiger partial charge is 0.389 e. The van der Waals surface area contributed by atoms with E-state index in [0.29, 0.717) is 19.5 Å². The van der Waals surface area contributed by atoms with E-state index in [1.807, 2.05) is 0 Å². The van der Waals surface area contributed by atoms with Crippen LogP contribution in [0.3, 0.4) is 0 Å². The maximum atomic E-state index is 11.8. The molecule has 0 unspecified atom stereocenters. The fraction of sp³-hybridized carbons (Fsp3) is 1.00. The Morgan fingerprint density at radius 3 is 2.50 bits per heavy atom. The second-order valence-electron chi connectivity index (χ2n) is 5.77. The number of hydrogen-bond acceptors (Lipinski definition) is 3. The molecule has 20 heavy (non-hydrogen) atoms. The molecule has 1 aliphatic carbocycles. The van der Waals surface area contributed by atoms with Crippen molar-refractivity contribution in [3.63, 3.8) is 0 Å². The average molecular weight is 297 g/mol. The quantitative estimate of drug-likeness (QED) is 0.677. The molecule has 120 valence electrons. The van der Waals surface area contributed by atoms with Crippen LogP contribution in [-0.2, 0) is 4.74 Å². The highest BCUT2D eigenvalue weighted by Gasteiger charge is 2.32. The van der Waals surface area contributed by atoms with Crippen LogP contribution in [-0.4, -0.2) is 43.2 Å². The lowest BCUT2D eigenvalue weighted by Crippen LogP contribution is -2.43. The summed E-state index contributed by atoms with van der Waals surface area (Å²) in [5, 5.41) is 13.5. The van der Waals surface area contributed by atoms with Gasteiger partial charge < -0.3 is 15.2 Å². The Bertz CT molecular complexity index is 264. The second-order valence-corrected chi connectivity index (χ2v) is 5.77. The number of aliphatic hydroxyl groups is 1. The van der Waals surface area contributed by atoms with Crippen molar-refractivity contribution in [2.75, 3.05) is 26.3 Å². The summed E-state index contributed by atoms with van der Waals surface area (Å²) in [5.41, 5.74) is -0.640. The van der Waals surface area contributed by atoms with Crippen LogP contribution >= 0.6 is 0 Å². The van der Waals surface area contributed by atoms with Gasteiger partial charge in [0.25, 0.3) is 0 Å². The van der Waals surface area contributed by atoms with Gasteiger partial charge in [-0.15, -0.1) is 0 Å². The average Bonchev–Trinajstić information content (AvgIpc) is 2.37. The fourth-order valence-corrected chi connectivity index (χ4v) is 2.61.